The van der Waals surface area contributed by atoms with Crippen molar-refractivity contribution < 1.29 is 9.84 Å². The molecular weight excluding hydrogens is 178 g/mol. The van der Waals surface area contributed by atoms with E-state index < -0.39 is 5.60 Å². The fourth-order valence-electron chi connectivity index (χ4n) is 1.94. The van der Waals surface area contributed by atoms with Crippen LogP contribution >= 0.6 is 0 Å². The summed E-state index contributed by atoms with van der Waals surface area (Å²) >= 11 is 0. The lowest BCUT2D eigenvalue weighted by Crippen LogP contribution is -2.38. The van der Waals surface area contributed by atoms with Crippen molar-refractivity contribution in [2.45, 2.75) is 45.3 Å². The molecule has 0 radical (unpaired) electrons. The quantitative estimate of drug-likeness (QED) is 0.701. The molecule has 2 atom stereocenters. The van der Waals surface area contributed by atoms with Crippen molar-refractivity contribution in [3.8, 4) is 0 Å². The average molecular weight is 201 g/mol. The Bertz CT molecular complexity index is 165. The predicted molar refractivity (Wildman–Crippen MR) is 57.3 cm³/mol. The summed E-state index contributed by atoms with van der Waals surface area (Å²) in [6.07, 6.45) is 2.66. The van der Waals surface area contributed by atoms with E-state index in [2.05, 4.69) is 12.2 Å². The number of hydrogen-bond acceptors (Lipinski definition) is 3. The van der Waals surface area contributed by atoms with E-state index in [4.69, 9.17) is 4.74 Å². The number of nitrogens with one attached hydrogen (secondary N) is 1. The lowest BCUT2D eigenvalue weighted by molar-refractivity contribution is 0.0699. The lowest BCUT2D eigenvalue weighted by atomic mass is 9.99. The van der Waals surface area contributed by atoms with Crippen molar-refractivity contribution in [1.82, 2.24) is 5.32 Å². The molecule has 0 aromatic rings. The van der Waals surface area contributed by atoms with Crippen molar-refractivity contribution in [2.24, 2.45) is 5.92 Å². The summed E-state index contributed by atoms with van der Waals surface area (Å²) < 4.78 is 5.59. The Kier molecular flexibility index (Phi) is 4.35. The molecule has 0 aromatic heterocycles. The Morgan fingerprint density at radius 3 is 2.79 bits per heavy atom. The van der Waals surface area contributed by atoms with E-state index in [0.717, 1.165) is 26.0 Å². The predicted octanol–water partition coefficient (Wildman–Crippen LogP) is 1.16. The zero-order valence-electron chi connectivity index (χ0n) is 9.55. The SMILES string of the molecule is CCC1OCCC1CNCC(C)(C)O. The van der Waals surface area contributed by atoms with Crippen LogP contribution in [-0.4, -0.2) is 36.5 Å². The zero-order valence-corrected chi connectivity index (χ0v) is 9.55. The van der Waals surface area contributed by atoms with Gasteiger partial charge in [-0.2, -0.15) is 0 Å². The first kappa shape index (κ1) is 12.0. The van der Waals surface area contributed by atoms with Crippen LogP contribution in [-0.2, 0) is 4.74 Å². The first-order valence-corrected chi connectivity index (χ1v) is 5.57. The molecule has 2 N–H and O–H groups in total. The van der Waals surface area contributed by atoms with Crippen molar-refractivity contribution in [3.05, 3.63) is 0 Å². The highest BCUT2D eigenvalue weighted by Gasteiger charge is 2.26. The van der Waals surface area contributed by atoms with Crippen LogP contribution in [0.15, 0.2) is 0 Å². The van der Waals surface area contributed by atoms with Crippen LogP contribution in [0.25, 0.3) is 0 Å². The van der Waals surface area contributed by atoms with E-state index in [9.17, 15) is 5.11 Å². The molecule has 3 nitrogen and oxygen atoms in total. The van der Waals surface area contributed by atoms with Crippen molar-refractivity contribution in [2.75, 3.05) is 19.7 Å². The molecule has 0 spiro atoms. The topological polar surface area (TPSA) is 41.5 Å². The van der Waals surface area contributed by atoms with Gasteiger partial charge in [0.05, 0.1) is 11.7 Å². The van der Waals surface area contributed by atoms with Crippen LogP contribution in [0.5, 0.6) is 0 Å². The maximum Gasteiger partial charge on any atom is 0.0715 e. The van der Waals surface area contributed by atoms with Crippen LogP contribution in [0.3, 0.4) is 0 Å². The molecule has 0 aromatic carbocycles. The third-order valence-corrected chi connectivity index (χ3v) is 2.71. The molecule has 1 fully saturated rings. The smallest absolute Gasteiger partial charge is 0.0715 e. The average Bonchev–Trinajstić information content (AvgIpc) is 2.49. The van der Waals surface area contributed by atoms with Gasteiger partial charge >= 0.3 is 0 Å². The molecule has 2 unspecified atom stereocenters. The summed E-state index contributed by atoms with van der Waals surface area (Å²) in [7, 11) is 0. The Morgan fingerprint density at radius 1 is 1.50 bits per heavy atom. The minimum Gasteiger partial charge on any atom is -0.389 e. The summed E-state index contributed by atoms with van der Waals surface area (Å²) in [5.41, 5.74) is -0.610. The van der Waals surface area contributed by atoms with Crippen molar-refractivity contribution >= 4 is 0 Å². The minimum absolute atomic E-state index is 0.421. The summed E-state index contributed by atoms with van der Waals surface area (Å²) in [4.78, 5) is 0. The largest absolute Gasteiger partial charge is 0.389 e. The normalized spacial score (nSPS) is 28.3. The first-order chi connectivity index (χ1) is 6.53. The van der Waals surface area contributed by atoms with Crippen LogP contribution in [0.4, 0.5) is 0 Å². The van der Waals surface area contributed by atoms with E-state index in [0.29, 0.717) is 18.6 Å². The van der Waals surface area contributed by atoms with Crippen LogP contribution in [0.1, 0.15) is 33.6 Å². The monoisotopic (exact) mass is 201 g/mol. The number of aliphatic hydroxyl groups is 1. The van der Waals surface area contributed by atoms with Gasteiger partial charge in [-0.15, -0.1) is 0 Å². The summed E-state index contributed by atoms with van der Waals surface area (Å²) in [6.45, 7) is 8.32. The van der Waals surface area contributed by atoms with Crippen LogP contribution in [0, 0.1) is 5.92 Å². The molecule has 1 aliphatic rings. The second-order valence-corrected chi connectivity index (χ2v) is 4.81. The van der Waals surface area contributed by atoms with E-state index in [1.54, 1.807) is 0 Å². The molecule has 0 saturated carbocycles. The first-order valence-electron chi connectivity index (χ1n) is 5.57. The molecule has 1 heterocycles. The van der Waals surface area contributed by atoms with Crippen LogP contribution in [0.2, 0.25) is 0 Å². The molecule has 84 valence electrons. The number of hydrogen-bond donors (Lipinski definition) is 2. The lowest BCUT2D eigenvalue weighted by Gasteiger charge is -2.21. The zero-order chi connectivity index (χ0) is 10.6. The molecule has 1 rings (SSSR count). The summed E-state index contributed by atoms with van der Waals surface area (Å²) in [5, 5.41) is 12.8. The fraction of sp³-hybridized carbons (Fsp3) is 1.00. The Hall–Kier alpha value is -0.120. The highest BCUT2D eigenvalue weighted by Crippen LogP contribution is 2.22. The highest BCUT2D eigenvalue weighted by atomic mass is 16.5. The van der Waals surface area contributed by atoms with Gasteiger partial charge in [0, 0.05) is 19.7 Å². The fourth-order valence-corrected chi connectivity index (χ4v) is 1.94. The summed E-state index contributed by atoms with van der Waals surface area (Å²) in [6, 6.07) is 0. The van der Waals surface area contributed by atoms with Gasteiger partial charge in [0.1, 0.15) is 0 Å². The summed E-state index contributed by atoms with van der Waals surface area (Å²) in [5.74, 6) is 0.627. The molecule has 0 aliphatic carbocycles. The van der Waals surface area contributed by atoms with Gasteiger partial charge in [-0.1, -0.05) is 6.92 Å². The highest BCUT2D eigenvalue weighted by molar-refractivity contribution is 4.78. The standard InChI is InChI=1S/C11H23NO2/c1-4-10-9(5-6-14-10)7-12-8-11(2,3)13/h9-10,12-13H,4-8H2,1-3H3. The molecule has 0 amide bonds. The Labute approximate surface area is 86.8 Å². The minimum atomic E-state index is -0.610. The second-order valence-electron chi connectivity index (χ2n) is 4.81. The second kappa shape index (κ2) is 5.10. The maximum atomic E-state index is 9.52. The van der Waals surface area contributed by atoms with Gasteiger partial charge in [0.2, 0.25) is 0 Å². The van der Waals surface area contributed by atoms with E-state index in [1.165, 1.54) is 0 Å². The van der Waals surface area contributed by atoms with E-state index in [-0.39, 0.29) is 0 Å². The van der Waals surface area contributed by atoms with E-state index in [1.807, 2.05) is 13.8 Å². The maximum absolute atomic E-state index is 9.52. The van der Waals surface area contributed by atoms with Gasteiger partial charge in [-0.3, -0.25) is 0 Å². The number of rotatable bonds is 5. The number of ether oxygens (including phenoxy) is 1. The van der Waals surface area contributed by atoms with Gasteiger partial charge in [0.25, 0.3) is 0 Å². The molecule has 1 aliphatic heterocycles. The van der Waals surface area contributed by atoms with Gasteiger partial charge in [-0.05, 0) is 32.6 Å². The van der Waals surface area contributed by atoms with Gasteiger partial charge in [-0.25, -0.2) is 0 Å². The van der Waals surface area contributed by atoms with Gasteiger partial charge < -0.3 is 15.2 Å². The molecule has 3 heteroatoms. The van der Waals surface area contributed by atoms with E-state index >= 15 is 0 Å². The third-order valence-electron chi connectivity index (χ3n) is 2.71. The third kappa shape index (κ3) is 3.95. The molecule has 14 heavy (non-hydrogen) atoms. The Balaban J connectivity index is 2.18. The van der Waals surface area contributed by atoms with Crippen molar-refractivity contribution in [1.29, 1.82) is 0 Å². The Morgan fingerprint density at radius 2 is 2.21 bits per heavy atom. The van der Waals surface area contributed by atoms with Gasteiger partial charge in [0.15, 0.2) is 0 Å². The van der Waals surface area contributed by atoms with Crippen molar-refractivity contribution in [3.63, 3.8) is 0 Å². The molecule has 1 saturated heterocycles. The van der Waals surface area contributed by atoms with Crippen LogP contribution < -0.4 is 5.32 Å². The molecular formula is C11H23NO2. The molecule has 0 bridgehead atoms.